The third kappa shape index (κ3) is 4.34. The number of aryl methyl sites for hydroxylation is 2. The number of carbonyl (C=O) groups is 1. The quantitative estimate of drug-likeness (QED) is 0.653. The van der Waals surface area contributed by atoms with Crippen LogP contribution in [0.2, 0.25) is 0 Å². The molecule has 3 aromatic rings. The van der Waals surface area contributed by atoms with E-state index in [1.54, 1.807) is 0 Å². The summed E-state index contributed by atoms with van der Waals surface area (Å²) >= 11 is 1.50. The molecule has 0 saturated heterocycles. The Morgan fingerprint density at radius 1 is 1.13 bits per heavy atom. The van der Waals surface area contributed by atoms with E-state index in [1.165, 1.54) is 51.1 Å². The molecule has 0 unspecified atom stereocenters. The Hall–Kier alpha value is -3.13. The van der Waals surface area contributed by atoms with Gasteiger partial charge in [0.1, 0.15) is 5.82 Å². The van der Waals surface area contributed by atoms with E-state index >= 15 is 0 Å². The number of H-pyrrole nitrogens is 1. The van der Waals surface area contributed by atoms with Gasteiger partial charge in [-0.3, -0.25) is 19.1 Å². The third-order valence-corrected chi connectivity index (χ3v) is 6.97. The van der Waals surface area contributed by atoms with Gasteiger partial charge in [-0.05, 0) is 42.9 Å². The number of nitrogen functional groups attached to an aromatic ring is 1. The van der Waals surface area contributed by atoms with Crippen LogP contribution in [0, 0.1) is 0 Å². The lowest BCUT2D eigenvalue weighted by atomic mass is 10.00. The predicted octanol–water partition coefficient (Wildman–Crippen LogP) is 3.16. The summed E-state index contributed by atoms with van der Waals surface area (Å²) in [4.78, 5) is 43.6. The zero-order chi connectivity index (χ0) is 22.0. The lowest BCUT2D eigenvalue weighted by molar-refractivity contribution is 0.0996. The van der Waals surface area contributed by atoms with Crippen LogP contribution in [-0.4, -0.2) is 22.5 Å². The molecule has 4 rings (SSSR count). The minimum absolute atomic E-state index is 0.0126. The van der Waals surface area contributed by atoms with Crippen molar-refractivity contribution in [3.63, 3.8) is 0 Å². The maximum absolute atomic E-state index is 13.2. The van der Waals surface area contributed by atoms with Gasteiger partial charge in [0.15, 0.2) is 5.69 Å². The second-order valence-electron chi connectivity index (χ2n) is 7.90. The SMILES string of the molecule is CN(C(=O)c1cc2c(s1)CCCCCC2)c1c(N)n(Cc2ccccc2)c(=O)[nH]c1=O. The summed E-state index contributed by atoms with van der Waals surface area (Å²) in [6.07, 6.45) is 6.66. The van der Waals surface area contributed by atoms with Gasteiger partial charge < -0.3 is 10.6 Å². The number of carbonyl (C=O) groups excluding carboxylic acids is 1. The molecule has 162 valence electrons. The normalized spacial score (nSPS) is 13.8. The summed E-state index contributed by atoms with van der Waals surface area (Å²) in [5.74, 6) is -0.317. The Balaban J connectivity index is 1.68. The number of thiophene rings is 1. The summed E-state index contributed by atoms with van der Waals surface area (Å²) in [6.45, 7) is 0.199. The van der Waals surface area contributed by atoms with Gasteiger partial charge in [-0.25, -0.2) is 4.79 Å². The Morgan fingerprint density at radius 2 is 1.84 bits per heavy atom. The van der Waals surface area contributed by atoms with Crippen molar-refractivity contribution in [3.05, 3.63) is 78.1 Å². The first-order chi connectivity index (χ1) is 15.0. The number of fused-ring (bicyclic) bond motifs is 1. The van der Waals surface area contributed by atoms with Gasteiger partial charge in [-0.1, -0.05) is 43.2 Å². The van der Waals surface area contributed by atoms with E-state index in [9.17, 15) is 14.4 Å². The fraction of sp³-hybridized carbons (Fsp3) is 0.348. The van der Waals surface area contributed by atoms with E-state index in [0.717, 1.165) is 31.2 Å². The van der Waals surface area contributed by atoms with E-state index < -0.39 is 11.2 Å². The van der Waals surface area contributed by atoms with Crippen molar-refractivity contribution in [1.29, 1.82) is 0 Å². The highest BCUT2D eigenvalue weighted by Gasteiger charge is 2.24. The zero-order valence-electron chi connectivity index (χ0n) is 17.5. The number of benzene rings is 1. The van der Waals surface area contributed by atoms with Crippen molar-refractivity contribution >= 4 is 28.7 Å². The minimum Gasteiger partial charge on any atom is -0.383 e. The maximum Gasteiger partial charge on any atom is 0.330 e. The summed E-state index contributed by atoms with van der Waals surface area (Å²) < 4.78 is 1.28. The molecule has 0 atom stereocenters. The third-order valence-electron chi connectivity index (χ3n) is 5.75. The number of aromatic amines is 1. The molecule has 3 N–H and O–H groups in total. The van der Waals surface area contributed by atoms with Crippen LogP contribution >= 0.6 is 11.3 Å². The number of anilines is 2. The molecule has 0 saturated carbocycles. The molecule has 0 spiro atoms. The van der Waals surface area contributed by atoms with Crippen LogP contribution in [0.3, 0.4) is 0 Å². The lowest BCUT2D eigenvalue weighted by Crippen LogP contribution is -2.39. The average molecular weight is 439 g/mol. The van der Waals surface area contributed by atoms with Gasteiger partial charge in [0.05, 0.1) is 11.4 Å². The predicted molar refractivity (Wildman–Crippen MR) is 124 cm³/mol. The van der Waals surface area contributed by atoms with Gasteiger partial charge >= 0.3 is 5.69 Å². The van der Waals surface area contributed by atoms with Crippen LogP contribution in [0.1, 0.15) is 51.4 Å². The van der Waals surface area contributed by atoms with E-state index in [1.807, 2.05) is 36.4 Å². The summed E-state index contributed by atoms with van der Waals surface area (Å²) in [6, 6.07) is 11.3. The second-order valence-corrected chi connectivity index (χ2v) is 9.04. The molecule has 31 heavy (non-hydrogen) atoms. The van der Waals surface area contributed by atoms with Crippen molar-refractivity contribution in [2.75, 3.05) is 17.7 Å². The molecule has 2 aromatic heterocycles. The molecule has 0 radical (unpaired) electrons. The van der Waals surface area contributed by atoms with Gasteiger partial charge in [-0.15, -0.1) is 11.3 Å². The fourth-order valence-corrected chi connectivity index (χ4v) is 5.27. The van der Waals surface area contributed by atoms with Crippen molar-refractivity contribution in [1.82, 2.24) is 9.55 Å². The van der Waals surface area contributed by atoms with E-state index in [2.05, 4.69) is 4.98 Å². The van der Waals surface area contributed by atoms with Crippen LogP contribution in [-0.2, 0) is 19.4 Å². The number of hydrogen-bond donors (Lipinski definition) is 2. The van der Waals surface area contributed by atoms with Crippen molar-refractivity contribution in [2.24, 2.45) is 0 Å². The molecule has 1 aromatic carbocycles. The molecular weight excluding hydrogens is 412 g/mol. The standard InChI is InChI=1S/C23H26N4O3S/c1-26(22(29)18-13-16-11-7-2-3-8-12-17(16)31-18)19-20(24)27(23(30)25-21(19)28)14-15-9-5-4-6-10-15/h4-6,9-10,13H,2-3,7-8,11-12,14,24H2,1H3,(H,25,28,30). The van der Waals surface area contributed by atoms with Gasteiger partial charge in [-0.2, -0.15) is 0 Å². The molecule has 0 bridgehead atoms. The second kappa shape index (κ2) is 8.93. The summed E-state index contributed by atoms with van der Waals surface area (Å²) in [5.41, 5.74) is 7.05. The Morgan fingerprint density at radius 3 is 2.58 bits per heavy atom. The lowest BCUT2D eigenvalue weighted by Gasteiger charge is -2.20. The van der Waals surface area contributed by atoms with Crippen LogP contribution < -0.4 is 21.9 Å². The van der Waals surface area contributed by atoms with Crippen molar-refractivity contribution in [3.8, 4) is 0 Å². The van der Waals surface area contributed by atoms with Crippen molar-refractivity contribution in [2.45, 2.75) is 45.1 Å². The number of rotatable bonds is 4. The Kier molecular flexibility index (Phi) is 6.08. The van der Waals surface area contributed by atoms with Gasteiger partial charge in [0, 0.05) is 11.9 Å². The topological polar surface area (TPSA) is 101 Å². The summed E-state index contributed by atoms with van der Waals surface area (Å²) in [7, 11) is 1.53. The highest BCUT2D eigenvalue weighted by molar-refractivity contribution is 7.14. The maximum atomic E-state index is 13.2. The first kappa shape index (κ1) is 21.1. The fourth-order valence-electron chi connectivity index (χ4n) is 4.04. The molecule has 0 fully saturated rings. The molecular formula is C23H26N4O3S. The number of hydrogen-bond acceptors (Lipinski definition) is 5. The average Bonchev–Trinajstić information content (AvgIpc) is 3.13. The van der Waals surface area contributed by atoms with Crippen LogP contribution in [0.15, 0.2) is 46.0 Å². The summed E-state index contributed by atoms with van der Waals surface area (Å²) in [5, 5.41) is 0. The van der Waals surface area contributed by atoms with Gasteiger partial charge in [0.25, 0.3) is 11.5 Å². The molecule has 1 amide bonds. The molecule has 8 heteroatoms. The highest BCUT2D eigenvalue weighted by Crippen LogP contribution is 2.30. The number of nitrogens with zero attached hydrogens (tertiary/aromatic N) is 2. The minimum atomic E-state index is -0.669. The largest absolute Gasteiger partial charge is 0.383 e. The molecule has 0 aliphatic heterocycles. The van der Waals surface area contributed by atoms with Crippen LogP contribution in [0.25, 0.3) is 0 Å². The molecule has 2 heterocycles. The number of aromatic nitrogens is 2. The Labute approximate surface area is 184 Å². The Bertz CT molecular complexity index is 1180. The smallest absolute Gasteiger partial charge is 0.330 e. The number of nitrogens with one attached hydrogen (secondary N) is 1. The molecule has 1 aliphatic rings. The van der Waals surface area contributed by atoms with Crippen molar-refractivity contribution < 1.29 is 4.79 Å². The highest BCUT2D eigenvalue weighted by atomic mass is 32.1. The van der Waals surface area contributed by atoms with Crippen LogP contribution in [0.4, 0.5) is 11.5 Å². The first-order valence-corrected chi connectivity index (χ1v) is 11.3. The van der Waals surface area contributed by atoms with E-state index in [-0.39, 0.29) is 24.0 Å². The molecule has 1 aliphatic carbocycles. The number of nitrogens with two attached hydrogens (primary N) is 1. The first-order valence-electron chi connectivity index (χ1n) is 10.5. The number of amides is 1. The monoisotopic (exact) mass is 438 g/mol. The van der Waals surface area contributed by atoms with E-state index in [4.69, 9.17) is 5.73 Å². The molecule has 7 nitrogen and oxygen atoms in total. The van der Waals surface area contributed by atoms with Gasteiger partial charge in [0.2, 0.25) is 0 Å². The zero-order valence-corrected chi connectivity index (χ0v) is 18.3. The van der Waals surface area contributed by atoms with Crippen LogP contribution in [0.5, 0.6) is 0 Å². The van der Waals surface area contributed by atoms with E-state index in [0.29, 0.717) is 4.88 Å².